The number of halogens is 1. The van der Waals surface area contributed by atoms with Gasteiger partial charge in [0.15, 0.2) is 9.84 Å². The van der Waals surface area contributed by atoms with Gasteiger partial charge in [0.1, 0.15) is 11.5 Å². The van der Waals surface area contributed by atoms with Crippen LogP contribution in [0.25, 0.3) is 21.8 Å². The number of amides is 1. The third-order valence-corrected chi connectivity index (χ3v) is 6.47. The van der Waals surface area contributed by atoms with Crippen LogP contribution >= 0.6 is 0 Å². The second-order valence-corrected chi connectivity index (χ2v) is 9.57. The fourth-order valence-electron chi connectivity index (χ4n) is 3.82. The molecule has 156 valence electrons. The number of carbonyl (C=O) groups is 1. The number of nitrogens with one attached hydrogen (secondary N) is 3. The van der Waals surface area contributed by atoms with Crippen LogP contribution in [0.2, 0.25) is 0 Å². The van der Waals surface area contributed by atoms with E-state index in [9.17, 15) is 17.6 Å². The van der Waals surface area contributed by atoms with Crippen LogP contribution in [0.3, 0.4) is 0 Å². The predicted octanol–water partition coefficient (Wildman–Crippen LogP) is 3.78. The molecule has 30 heavy (non-hydrogen) atoms. The SMILES string of the molecule is Cc1[nH]c2c(F)ccc(C)c2c1CCNC(=O)c1cc2cc(S(C)(=O)=O)ccc2[nH]1. The minimum atomic E-state index is -3.32. The van der Waals surface area contributed by atoms with Gasteiger partial charge in [0.2, 0.25) is 0 Å². The van der Waals surface area contributed by atoms with Gasteiger partial charge in [0, 0.05) is 34.8 Å². The number of hydrogen-bond donors (Lipinski definition) is 3. The highest BCUT2D eigenvalue weighted by atomic mass is 32.2. The number of hydrogen-bond acceptors (Lipinski definition) is 3. The standard InChI is InChI=1S/C22H22FN3O3S/c1-12-4-6-17(23)21-20(12)16(13(2)25-21)8-9-24-22(27)19-11-14-10-15(30(3,28)29)5-7-18(14)26-19/h4-7,10-11,25-26H,8-9H2,1-3H3,(H,24,27). The first-order valence-electron chi connectivity index (χ1n) is 9.52. The third-order valence-electron chi connectivity index (χ3n) is 5.36. The molecular formula is C22H22FN3O3S. The third kappa shape index (κ3) is 3.59. The molecular weight excluding hydrogens is 405 g/mol. The number of benzene rings is 2. The molecule has 4 rings (SSSR count). The van der Waals surface area contributed by atoms with E-state index in [4.69, 9.17) is 0 Å². The Labute approximate surface area is 173 Å². The number of aryl methyl sites for hydroxylation is 2. The van der Waals surface area contributed by atoms with E-state index in [1.165, 1.54) is 12.1 Å². The summed E-state index contributed by atoms with van der Waals surface area (Å²) in [6.45, 7) is 4.21. The number of H-pyrrole nitrogens is 2. The highest BCUT2D eigenvalue weighted by molar-refractivity contribution is 7.90. The van der Waals surface area contributed by atoms with Gasteiger partial charge in [-0.1, -0.05) is 6.07 Å². The summed E-state index contributed by atoms with van der Waals surface area (Å²) in [4.78, 5) is 18.9. The minimum Gasteiger partial charge on any atom is -0.356 e. The van der Waals surface area contributed by atoms with Crippen molar-refractivity contribution in [3.63, 3.8) is 0 Å². The molecule has 0 fully saturated rings. The van der Waals surface area contributed by atoms with Gasteiger partial charge >= 0.3 is 0 Å². The van der Waals surface area contributed by atoms with Crippen molar-refractivity contribution in [3.8, 4) is 0 Å². The van der Waals surface area contributed by atoms with Crippen molar-refractivity contribution in [1.29, 1.82) is 0 Å². The van der Waals surface area contributed by atoms with Crippen molar-refractivity contribution in [2.45, 2.75) is 25.2 Å². The zero-order chi connectivity index (χ0) is 21.6. The van der Waals surface area contributed by atoms with Crippen LogP contribution in [0.1, 0.15) is 27.3 Å². The van der Waals surface area contributed by atoms with Gasteiger partial charge < -0.3 is 15.3 Å². The van der Waals surface area contributed by atoms with Crippen LogP contribution in [0.15, 0.2) is 41.3 Å². The maximum atomic E-state index is 14.1. The van der Waals surface area contributed by atoms with Gasteiger partial charge in [-0.05, 0) is 61.7 Å². The maximum Gasteiger partial charge on any atom is 0.267 e. The summed E-state index contributed by atoms with van der Waals surface area (Å²) in [6, 6.07) is 9.54. The van der Waals surface area contributed by atoms with Gasteiger partial charge in [0.05, 0.1) is 10.4 Å². The summed E-state index contributed by atoms with van der Waals surface area (Å²) in [5.41, 5.74) is 4.38. The Morgan fingerprint density at radius 2 is 1.87 bits per heavy atom. The largest absolute Gasteiger partial charge is 0.356 e. The predicted molar refractivity (Wildman–Crippen MR) is 115 cm³/mol. The fourth-order valence-corrected chi connectivity index (χ4v) is 4.47. The first kappa shape index (κ1) is 20.2. The molecule has 0 unspecified atom stereocenters. The van der Waals surface area contributed by atoms with Crippen molar-refractivity contribution < 1.29 is 17.6 Å². The van der Waals surface area contributed by atoms with Gasteiger partial charge in [-0.15, -0.1) is 0 Å². The molecule has 0 spiro atoms. The Morgan fingerprint density at radius 3 is 2.60 bits per heavy atom. The molecule has 2 aromatic carbocycles. The van der Waals surface area contributed by atoms with Gasteiger partial charge in [0.25, 0.3) is 5.91 Å². The lowest BCUT2D eigenvalue weighted by atomic mass is 10.0. The van der Waals surface area contributed by atoms with Gasteiger partial charge in [-0.25, -0.2) is 12.8 Å². The Hall–Kier alpha value is -3.13. The molecule has 3 N–H and O–H groups in total. The summed E-state index contributed by atoms with van der Waals surface area (Å²) in [5.74, 6) is -0.576. The smallest absolute Gasteiger partial charge is 0.267 e. The normalized spacial score (nSPS) is 12.0. The molecule has 4 aromatic rings. The fraction of sp³-hybridized carbons (Fsp3) is 0.227. The first-order valence-corrected chi connectivity index (χ1v) is 11.4. The van der Waals surface area contributed by atoms with Crippen LogP contribution < -0.4 is 5.32 Å². The molecule has 0 saturated carbocycles. The average Bonchev–Trinajstić information content (AvgIpc) is 3.25. The highest BCUT2D eigenvalue weighted by Gasteiger charge is 2.15. The van der Waals surface area contributed by atoms with E-state index in [0.717, 1.165) is 28.5 Å². The second-order valence-electron chi connectivity index (χ2n) is 7.55. The van der Waals surface area contributed by atoms with Crippen molar-refractivity contribution in [2.24, 2.45) is 0 Å². The molecule has 8 heteroatoms. The zero-order valence-corrected chi connectivity index (χ0v) is 17.7. The molecule has 0 radical (unpaired) electrons. The molecule has 2 aromatic heterocycles. The quantitative estimate of drug-likeness (QED) is 0.452. The number of carbonyl (C=O) groups excluding carboxylic acids is 1. The van der Waals surface area contributed by atoms with E-state index in [-0.39, 0.29) is 16.6 Å². The Kier molecular flexibility index (Phi) is 4.89. The molecule has 0 aliphatic heterocycles. The van der Waals surface area contributed by atoms with Crippen LogP contribution in [-0.2, 0) is 16.3 Å². The van der Waals surface area contributed by atoms with Crippen molar-refractivity contribution in [3.05, 3.63) is 64.7 Å². The lowest BCUT2D eigenvalue weighted by Gasteiger charge is -2.06. The minimum absolute atomic E-state index is 0.207. The summed E-state index contributed by atoms with van der Waals surface area (Å²) >= 11 is 0. The van der Waals surface area contributed by atoms with Crippen molar-refractivity contribution >= 4 is 37.6 Å². The van der Waals surface area contributed by atoms with E-state index >= 15 is 0 Å². The molecule has 0 aliphatic rings. The van der Waals surface area contributed by atoms with Gasteiger partial charge in [-0.3, -0.25) is 4.79 Å². The first-order chi connectivity index (χ1) is 14.1. The Bertz CT molecular complexity index is 1400. The van der Waals surface area contributed by atoms with Crippen molar-refractivity contribution in [1.82, 2.24) is 15.3 Å². The zero-order valence-electron chi connectivity index (χ0n) is 16.9. The Balaban J connectivity index is 1.51. The van der Waals surface area contributed by atoms with Crippen LogP contribution in [0, 0.1) is 19.7 Å². The number of fused-ring (bicyclic) bond motifs is 2. The lowest BCUT2D eigenvalue weighted by molar-refractivity contribution is 0.0950. The van der Waals surface area contributed by atoms with E-state index in [1.54, 1.807) is 24.3 Å². The maximum absolute atomic E-state index is 14.1. The number of aromatic nitrogens is 2. The number of sulfone groups is 1. The Morgan fingerprint density at radius 1 is 1.10 bits per heavy atom. The highest BCUT2D eigenvalue weighted by Crippen LogP contribution is 2.28. The van der Waals surface area contributed by atoms with E-state index in [2.05, 4.69) is 15.3 Å². The second kappa shape index (κ2) is 7.28. The van der Waals surface area contributed by atoms with Gasteiger partial charge in [-0.2, -0.15) is 0 Å². The lowest BCUT2D eigenvalue weighted by Crippen LogP contribution is -2.26. The summed E-state index contributed by atoms with van der Waals surface area (Å²) in [7, 11) is -3.32. The molecule has 0 aliphatic carbocycles. The average molecular weight is 428 g/mol. The molecule has 2 heterocycles. The number of rotatable bonds is 5. The van der Waals surface area contributed by atoms with E-state index in [0.29, 0.717) is 35.1 Å². The molecule has 0 bridgehead atoms. The van der Waals surface area contributed by atoms with Crippen molar-refractivity contribution in [2.75, 3.05) is 12.8 Å². The molecule has 0 saturated heterocycles. The topological polar surface area (TPSA) is 94.8 Å². The van der Waals surface area contributed by atoms with Crippen LogP contribution in [0.5, 0.6) is 0 Å². The van der Waals surface area contributed by atoms with Crippen LogP contribution in [-0.4, -0.2) is 37.1 Å². The van der Waals surface area contributed by atoms with E-state index < -0.39 is 9.84 Å². The molecule has 6 nitrogen and oxygen atoms in total. The van der Waals surface area contributed by atoms with Crippen LogP contribution in [0.4, 0.5) is 4.39 Å². The summed E-state index contributed by atoms with van der Waals surface area (Å²) in [6.07, 6.45) is 1.70. The molecule has 1 amide bonds. The summed E-state index contributed by atoms with van der Waals surface area (Å²) in [5, 5.41) is 4.39. The summed E-state index contributed by atoms with van der Waals surface area (Å²) < 4.78 is 37.5. The number of aromatic amines is 2. The molecule has 0 atom stereocenters. The monoisotopic (exact) mass is 427 g/mol. The van der Waals surface area contributed by atoms with E-state index in [1.807, 2.05) is 13.8 Å².